The highest BCUT2D eigenvalue weighted by Crippen LogP contribution is 2.32. The molecule has 1 aromatic rings. The van der Waals surface area contributed by atoms with Crippen LogP contribution in [0.3, 0.4) is 0 Å². The molecule has 2 aliphatic rings. The molecule has 2 aliphatic heterocycles. The molecule has 26 heavy (non-hydrogen) atoms. The topological polar surface area (TPSA) is 80.1 Å². The van der Waals surface area contributed by atoms with Gasteiger partial charge in [0, 0.05) is 51.8 Å². The minimum atomic E-state index is -0.106. The number of nitrogens with zero attached hydrogens (tertiary/aromatic N) is 4. The summed E-state index contributed by atoms with van der Waals surface area (Å²) in [5, 5.41) is 13.9. The highest BCUT2D eigenvalue weighted by atomic mass is 16.5. The van der Waals surface area contributed by atoms with Crippen molar-refractivity contribution in [2.75, 3.05) is 52.5 Å². The van der Waals surface area contributed by atoms with Crippen molar-refractivity contribution < 1.29 is 19.4 Å². The lowest BCUT2D eigenvalue weighted by molar-refractivity contribution is -0.00908. The van der Waals surface area contributed by atoms with E-state index in [1.807, 2.05) is 20.9 Å². The maximum absolute atomic E-state index is 13.2. The number of carbonyl (C=O) groups excluding carboxylic acids is 1. The van der Waals surface area contributed by atoms with Gasteiger partial charge in [-0.3, -0.25) is 14.4 Å². The summed E-state index contributed by atoms with van der Waals surface area (Å²) in [5.74, 6) is -0.106. The average Bonchev–Trinajstić information content (AvgIpc) is 2.95. The van der Waals surface area contributed by atoms with E-state index >= 15 is 0 Å². The Morgan fingerprint density at radius 3 is 2.73 bits per heavy atom. The average molecular weight is 366 g/mol. The largest absolute Gasteiger partial charge is 0.395 e. The van der Waals surface area contributed by atoms with Gasteiger partial charge in [0.25, 0.3) is 5.91 Å². The number of aryl methyl sites for hydroxylation is 1. The van der Waals surface area contributed by atoms with Crippen LogP contribution >= 0.6 is 0 Å². The molecule has 0 aliphatic carbocycles. The zero-order valence-electron chi connectivity index (χ0n) is 16.0. The van der Waals surface area contributed by atoms with Gasteiger partial charge in [0.05, 0.1) is 37.7 Å². The molecule has 0 spiro atoms. The first-order valence-corrected chi connectivity index (χ1v) is 9.42. The van der Waals surface area contributed by atoms with E-state index in [1.165, 1.54) is 0 Å². The first kappa shape index (κ1) is 19.3. The highest BCUT2D eigenvalue weighted by Gasteiger charge is 2.33. The Morgan fingerprint density at radius 1 is 1.31 bits per heavy atom. The summed E-state index contributed by atoms with van der Waals surface area (Å²) >= 11 is 0. The number of amides is 1. The van der Waals surface area contributed by atoms with Gasteiger partial charge in [0.2, 0.25) is 0 Å². The SMILES string of the molecule is C[C@@H]1Cc2c(C(=O)N(CCO)CCN3CCOCC3)nn(C)c2[C@H](C)O1. The fourth-order valence-electron chi connectivity index (χ4n) is 3.88. The predicted molar refractivity (Wildman–Crippen MR) is 96.1 cm³/mol. The summed E-state index contributed by atoms with van der Waals surface area (Å²) in [6.45, 7) is 8.86. The maximum Gasteiger partial charge on any atom is 0.274 e. The fourth-order valence-corrected chi connectivity index (χ4v) is 3.88. The van der Waals surface area contributed by atoms with Crippen molar-refractivity contribution in [3.63, 3.8) is 0 Å². The van der Waals surface area contributed by atoms with Crippen molar-refractivity contribution in [3.8, 4) is 0 Å². The van der Waals surface area contributed by atoms with Gasteiger partial charge in [-0.05, 0) is 13.8 Å². The van der Waals surface area contributed by atoms with Crippen molar-refractivity contribution >= 4 is 5.91 Å². The van der Waals surface area contributed by atoms with Gasteiger partial charge in [0.1, 0.15) is 0 Å². The molecular formula is C18H30N4O4. The smallest absolute Gasteiger partial charge is 0.274 e. The monoisotopic (exact) mass is 366 g/mol. The zero-order valence-corrected chi connectivity index (χ0v) is 16.0. The van der Waals surface area contributed by atoms with E-state index in [0.29, 0.717) is 25.2 Å². The number of aromatic nitrogens is 2. The van der Waals surface area contributed by atoms with E-state index < -0.39 is 0 Å². The third kappa shape index (κ3) is 4.09. The standard InChI is InChI=1S/C18H30N4O4/c1-13-12-15-16(19-20(3)17(15)14(2)26-13)18(24)22(6-9-23)5-4-21-7-10-25-11-8-21/h13-14,23H,4-12H2,1-3H3/t13-,14+/m1/s1. The number of aliphatic hydroxyl groups excluding tert-OH is 1. The van der Waals surface area contributed by atoms with E-state index in [-0.39, 0.29) is 24.7 Å². The number of hydrogen-bond donors (Lipinski definition) is 1. The molecule has 1 N–H and O–H groups in total. The molecule has 8 nitrogen and oxygen atoms in total. The van der Waals surface area contributed by atoms with E-state index in [9.17, 15) is 9.90 Å². The van der Waals surface area contributed by atoms with Crippen LogP contribution in [-0.4, -0.2) is 89.2 Å². The third-order valence-electron chi connectivity index (χ3n) is 5.16. The minimum absolute atomic E-state index is 0.0558. The van der Waals surface area contributed by atoms with E-state index in [2.05, 4.69) is 10.00 Å². The first-order valence-electron chi connectivity index (χ1n) is 9.42. The summed E-state index contributed by atoms with van der Waals surface area (Å²) in [6.07, 6.45) is 0.672. The molecular weight excluding hydrogens is 336 g/mol. The molecule has 1 saturated heterocycles. The van der Waals surface area contributed by atoms with Gasteiger partial charge < -0.3 is 19.5 Å². The molecule has 8 heteroatoms. The van der Waals surface area contributed by atoms with Crippen molar-refractivity contribution in [1.29, 1.82) is 0 Å². The Morgan fingerprint density at radius 2 is 2.04 bits per heavy atom. The Hall–Kier alpha value is -1.48. The maximum atomic E-state index is 13.2. The molecule has 0 radical (unpaired) electrons. The summed E-state index contributed by atoms with van der Waals surface area (Å²) < 4.78 is 13.0. The molecule has 0 saturated carbocycles. The molecule has 0 unspecified atom stereocenters. The Bertz CT molecular complexity index is 627. The second-order valence-electron chi connectivity index (χ2n) is 7.10. The molecule has 3 rings (SSSR count). The first-order chi connectivity index (χ1) is 12.5. The second-order valence-corrected chi connectivity index (χ2v) is 7.10. The highest BCUT2D eigenvalue weighted by molar-refractivity contribution is 5.94. The van der Waals surface area contributed by atoms with Gasteiger partial charge in [-0.2, -0.15) is 5.10 Å². The van der Waals surface area contributed by atoms with Gasteiger partial charge in [0.15, 0.2) is 5.69 Å². The summed E-state index contributed by atoms with van der Waals surface area (Å²) in [6, 6.07) is 0. The summed E-state index contributed by atoms with van der Waals surface area (Å²) in [5.41, 5.74) is 2.46. The molecule has 1 aromatic heterocycles. The second kappa shape index (κ2) is 8.47. The lowest BCUT2D eigenvalue weighted by Crippen LogP contribution is -2.44. The van der Waals surface area contributed by atoms with Crippen LogP contribution in [0.1, 0.15) is 41.7 Å². The van der Waals surface area contributed by atoms with Crippen molar-refractivity contribution in [2.45, 2.75) is 32.5 Å². The van der Waals surface area contributed by atoms with E-state index in [1.54, 1.807) is 9.58 Å². The summed E-state index contributed by atoms with van der Waals surface area (Å²) in [7, 11) is 1.86. The molecule has 3 heterocycles. The van der Waals surface area contributed by atoms with Gasteiger partial charge in [-0.15, -0.1) is 0 Å². The van der Waals surface area contributed by atoms with Crippen molar-refractivity contribution in [1.82, 2.24) is 19.6 Å². The Labute approximate surface area is 154 Å². The quantitative estimate of drug-likeness (QED) is 0.775. The third-order valence-corrected chi connectivity index (χ3v) is 5.16. The van der Waals surface area contributed by atoms with Crippen LogP contribution in [0, 0.1) is 0 Å². The molecule has 0 bridgehead atoms. The lowest BCUT2D eigenvalue weighted by atomic mass is 9.99. The molecule has 1 fully saturated rings. The van der Waals surface area contributed by atoms with Crippen LogP contribution in [0.4, 0.5) is 0 Å². The molecule has 0 aromatic carbocycles. The number of ether oxygens (including phenoxy) is 2. The van der Waals surface area contributed by atoms with Gasteiger partial charge in [-0.25, -0.2) is 0 Å². The van der Waals surface area contributed by atoms with Crippen LogP contribution in [0.5, 0.6) is 0 Å². The fraction of sp³-hybridized carbons (Fsp3) is 0.778. The Kier molecular flexibility index (Phi) is 6.29. The molecule has 1 amide bonds. The van der Waals surface area contributed by atoms with Crippen LogP contribution in [0.15, 0.2) is 0 Å². The van der Waals surface area contributed by atoms with Crippen LogP contribution < -0.4 is 0 Å². The number of fused-ring (bicyclic) bond motifs is 1. The zero-order chi connectivity index (χ0) is 18.7. The van der Waals surface area contributed by atoms with Crippen molar-refractivity contribution in [3.05, 3.63) is 17.0 Å². The summed E-state index contributed by atoms with van der Waals surface area (Å²) in [4.78, 5) is 17.2. The van der Waals surface area contributed by atoms with Crippen molar-refractivity contribution in [2.24, 2.45) is 7.05 Å². The number of morpholine rings is 1. The van der Waals surface area contributed by atoms with E-state index in [4.69, 9.17) is 9.47 Å². The minimum Gasteiger partial charge on any atom is -0.395 e. The van der Waals surface area contributed by atoms with Gasteiger partial charge >= 0.3 is 0 Å². The normalized spacial score (nSPS) is 23.7. The Balaban J connectivity index is 1.75. The number of carbonyl (C=O) groups is 1. The molecule has 2 atom stereocenters. The predicted octanol–water partition coefficient (Wildman–Crippen LogP) is 0.209. The van der Waals surface area contributed by atoms with E-state index in [0.717, 1.165) is 44.1 Å². The van der Waals surface area contributed by atoms with Crippen LogP contribution in [0.2, 0.25) is 0 Å². The number of rotatable bonds is 6. The van der Waals surface area contributed by atoms with Gasteiger partial charge in [-0.1, -0.05) is 0 Å². The number of hydrogen-bond acceptors (Lipinski definition) is 6. The number of aliphatic hydroxyl groups is 1. The van der Waals surface area contributed by atoms with Crippen LogP contribution in [-0.2, 0) is 22.9 Å². The lowest BCUT2D eigenvalue weighted by Gasteiger charge is -2.30. The molecule has 146 valence electrons. The van der Waals surface area contributed by atoms with Crippen LogP contribution in [0.25, 0.3) is 0 Å².